The molecule has 0 amide bonds. The predicted molar refractivity (Wildman–Crippen MR) is 76.9 cm³/mol. The minimum Gasteiger partial charge on any atom is -0.495 e. The van der Waals surface area contributed by atoms with Crippen molar-refractivity contribution in [3.8, 4) is 5.75 Å². The molecule has 1 aromatic rings. The number of carbonyl (C=O) groups is 1. The van der Waals surface area contributed by atoms with Crippen molar-refractivity contribution in [2.45, 2.75) is 23.8 Å². The first-order chi connectivity index (χ1) is 9.91. The molecule has 116 valence electrons. The molecule has 0 spiro atoms. The van der Waals surface area contributed by atoms with Gasteiger partial charge in [0.1, 0.15) is 11.8 Å². The number of nitrogens with zero attached hydrogens (tertiary/aromatic N) is 1. The van der Waals surface area contributed by atoms with Gasteiger partial charge >= 0.3 is 5.97 Å². The van der Waals surface area contributed by atoms with Crippen LogP contribution >= 0.6 is 11.6 Å². The summed E-state index contributed by atoms with van der Waals surface area (Å²) >= 11 is 5.97. The van der Waals surface area contributed by atoms with Gasteiger partial charge in [-0.3, -0.25) is 4.79 Å². The lowest BCUT2D eigenvalue weighted by molar-refractivity contribution is -0.144. The number of hydrogen-bond acceptors (Lipinski definition) is 5. The Kier molecular flexibility index (Phi) is 4.75. The molecular weight excluding hydrogens is 318 g/mol. The van der Waals surface area contributed by atoms with Crippen molar-refractivity contribution >= 4 is 27.6 Å². The summed E-state index contributed by atoms with van der Waals surface area (Å²) in [6.07, 6.45) is 1.07. The van der Waals surface area contributed by atoms with E-state index in [0.29, 0.717) is 18.6 Å². The molecule has 0 aliphatic carbocycles. The van der Waals surface area contributed by atoms with Gasteiger partial charge < -0.3 is 9.47 Å². The largest absolute Gasteiger partial charge is 0.495 e. The highest BCUT2D eigenvalue weighted by atomic mass is 35.5. The highest BCUT2D eigenvalue weighted by molar-refractivity contribution is 7.89. The van der Waals surface area contributed by atoms with Crippen molar-refractivity contribution in [3.63, 3.8) is 0 Å². The predicted octanol–water partition coefficient (Wildman–Crippen LogP) is 1.67. The molecular formula is C13H16ClNO5S. The summed E-state index contributed by atoms with van der Waals surface area (Å²) in [6, 6.07) is 3.44. The third kappa shape index (κ3) is 3.00. The highest BCUT2D eigenvalue weighted by Crippen LogP contribution is 2.31. The van der Waals surface area contributed by atoms with E-state index >= 15 is 0 Å². The monoisotopic (exact) mass is 333 g/mol. The first-order valence-electron chi connectivity index (χ1n) is 6.35. The van der Waals surface area contributed by atoms with E-state index in [0.717, 1.165) is 4.31 Å². The van der Waals surface area contributed by atoms with Gasteiger partial charge in [0.2, 0.25) is 10.0 Å². The van der Waals surface area contributed by atoms with Crippen molar-refractivity contribution < 1.29 is 22.7 Å². The molecule has 0 N–H and O–H groups in total. The molecule has 1 heterocycles. The highest BCUT2D eigenvalue weighted by Gasteiger charge is 2.40. The number of ether oxygens (including phenoxy) is 2. The fourth-order valence-corrected chi connectivity index (χ4v) is 4.34. The first kappa shape index (κ1) is 16.1. The summed E-state index contributed by atoms with van der Waals surface area (Å²) in [4.78, 5) is 11.7. The number of sulfonamides is 1. The van der Waals surface area contributed by atoms with Crippen molar-refractivity contribution in [1.29, 1.82) is 0 Å². The molecule has 0 saturated carbocycles. The molecule has 21 heavy (non-hydrogen) atoms. The molecule has 1 aliphatic rings. The molecule has 8 heteroatoms. The molecule has 1 saturated heterocycles. The Hall–Kier alpha value is -1.31. The van der Waals surface area contributed by atoms with Gasteiger partial charge in [-0.15, -0.1) is 0 Å². The third-order valence-corrected chi connectivity index (χ3v) is 5.61. The molecule has 1 unspecified atom stereocenters. The average molecular weight is 334 g/mol. The minimum atomic E-state index is -3.80. The molecule has 6 nitrogen and oxygen atoms in total. The van der Waals surface area contributed by atoms with Crippen LogP contribution in [0.15, 0.2) is 23.1 Å². The van der Waals surface area contributed by atoms with Crippen LogP contribution in [0.3, 0.4) is 0 Å². The van der Waals surface area contributed by atoms with E-state index in [1.54, 1.807) is 0 Å². The Morgan fingerprint density at radius 2 is 2.10 bits per heavy atom. The van der Waals surface area contributed by atoms with Crippen LogP contribution in [0.5, 0.6) is 5.75 Å². The van der Waals surface area contributed by atoms with Crippen LogP contribution in [0.4, 0.5) is 0 Å². The van der Waals surface area contributed by atoms with E-state index < -0.39 is 22.0 Å². The lowest BCUT2D eigenvalue weighted by Crippen LogP contribution is -2.41. The molecule has 1 aromatic carbocycles. The van der Waals surface area contributed by atoms with Gasteiger partial charge in [0, 0.05) is 6.54 Å². The van der Waals surface area contributed by atoms with Crippen LogP contribution in [0.2, 0.25) is 5.02 Å². The van der Waals surface area contributed by atoms with E-state index in [-0.39, 0.29) is 16.5 Å². The van der Waals surface area contributed by atoms with Gasteiger partial charge in [-0.05, 0) is 31.0 Å². The van der Waals surface area contributed by atoms with Gasteiger partial charge in [0.25, 0.3) is 0 Å². The first-order valence-corrected chi connectivity index (χ1v) is 8.17. The van der Waals surface area contributed by atoms with E-state index in [1.165, 1.54) is 32.4 Å². The lowest BCUT2D eigenvalue weighted by atomic mass is 10.2. The van der Waals surface area contributed by atoms with Crippen molar-refractivity contribution in [2.75, 3.05) is 20.8 Å². The number of hydrogen-bond donors (Lipinski definition) is 0. The van der Waals surface area contributed by atoms with Crippen LogP contribution in [-0.2, 0) is 19.6 Å². The van der Waals surface area contributed by atoms with Crippen LogP contribution in [0.1, 0.15) is 12.8 Å². The van der Waals surface area contributed by atoms with Crippen LogP contribution in [0.25, 0.3) is 0 Å². The number of rotatable bonds is 4. The number of benzene rings is 1. The summed E-state index contributed by atoms with van der Waals surface area (Å²) in [7, 11) is -1.10. The van der Waals surface area contributed by atoms with Crippen LogP contribution < -0.4 is 4.74 Å². The molecule has 1 atom stereocenters. The maximum Gasteiger partial charge on any atom is 0.324 e. The lowest BCUT2D eigenvalue weighted by Gasteiger charge is -2.22. The second-order valence-corrected chi connectivity index (χ2v) is 6.89. The van der Waals surface area contributed by atoms with Gasteiger partial charge in [-0.1, -0.05) is 11.6 Å². The Balaban J connectivity index is 2.37. The SMILES string of the molecule is COC(=O)C1CCCN1S(=O)(=O)c1ccc(OC)c(Cl)c1. The van der Waals surface area contributed by atoms with E-state index in [2.05, 4.69) is 4.74 Å². The third-order valence-electron chi connectivity index (χ3n) is 3.41. The van der Waals surface area contributed by atoms with Crippen LogP contribution in [0, 0.1) is 0 Å². The minimum absolute atomic E-state index is 0.0316. The quantitative estimate of drug-likeness (QED) is 0.784. The Morgan fingerprint density at radius 3 is 2.67 bits per heavy atom. The van der Waals surface area contributed by atoms with Gasteiger partial charge in [0.15, 0.2) is 0 Å². The van der Waals surface area contributed by atoms with Gasteiger partial charge in [0.05, 0.1) is 24.1 Å². The van der Waals surface area contributed by atoms with Crippen molar-refractivity contribution in [1.82, 2.24) is 4.31 Å². The fourth-order valence-electron chi connectivity index (χ4n) is 2.34. The van der Waals surface area contributed by atoms with Crippen molar-refractivity contribution in [2.24, 2.45) is 0 Å². The number of carbonyl (C=O) groups excluding carboxylic acids is 1. The standard InChI is InChI=1S/C13H16ClNO5S/c1-19-12-6-5-9(8-10(12)14)21(17,18)15-7-3-4-11(15)13(16)20-2/h5-6,8,11H,3-4,7H2,1-2H3. The summed E-state index contributed by atoms with van der Waals surface area (Å²) in [5.74, 6) is -0.155. The molecule has 1 aliphatic heterocycles. The second-order valence-electron chi connectivity index (χ2n) is 4.59. The average Bonchev–Trinajstić information content (AvgIpc) is 2.96. The van der Waals surface area contributed by atoms with Gasteiger partial charge in [-0.2, -0.15) is 4.31 Å². The second kappa shape index (κ2) is 6.21. The van der Waals surface area contributed by atoms with E-state index in [4.69, 9.17) is 16.3 Å². The zero-order valence-corrected chi connectivity index (χ0v) is 13.3. The maximum absolute atomic E-state index is 12.6. The maximum atomic E-state index is 12.6. The summed E-state index contributed by atoms with van der Waals surface area (Å²) in [6.45, 7) is 0.283. The van der Waals surface area contributed by atoms with E-state index in [9.17, 15) is 13.2 Å². The van der Waals surface area contributed by atoms with Crippen LogP contribution in [-0.4, -0.2) is 45.5 Å². The van der Waals surface area contributed by atoms with Crippen molar-refractivity contribution in [3.05, 3.63) is 23.2 Å². The summed E-state index contributed by atoms with van der Waals surface area (Å²) in [5, 5.41) is 0.201. The molecule has 2 rings (SSSR count). The fraction of sp³-hybridized carbons (Fsp3) is 0.462. The zero-order chi connectivity index (χ0) is 15.6. The zero-order valence-electron chi connectivity index (χ0n) is 11.7. The van der Waals surface area contributed by atoms with E-state index in [1.807, 2.05) is 0 Å². The summed E-state index contributed by atoms with van der Waals surface area (Å²) < 4.78 is 36.1. The summed E-state index contributed by atoms with van der Waals surface area (Å²) in [5.41, 5.74) is 0. The molecule has 0 aromatic heterocycles. The molecule has 0 radical (unpaired) electrons. The Morgan fingerprint density at radius 1 is 1.38 bits per heavy atom. The number of methoxy groups -OCH3 is 2. The smallest absolute Gasteiger partial charge is 0.324 e. The molecule has 1 fully saturated rings. The Bertz CT molecular complexity index is 646. The normalized spacial score (nSPS) is 19.5. The molecule has 0 bridgehead atoms. The Labute approximate surface area is 128 Å². The van der Waals surface area contributed by atoms with Gasteiger partial charge in [-0.25, -0.2) is 8.42 Å². The topological polar surface area (TPSA) is 72.9 Å². The number of halogens is 1. The number of esters is 1.